The summed E-state index contributed by atoms with van der Waals surface area (Å²) in [6, 6.07) is 5.06. The molecule has 0 saturated heterocycles. The number of fused-ring (bicyclic) bond motifs is 1. The molecule has 3 heteroatoms. The summed E-state index contributed by atoms with van der Waals surface area (Å²) in [6.45, 7) is 8.22. The van der Waals surface area contributed by atoms with E-state index in [2.05, 4.69) is 20.8 Å². The number of phenols is 1. The normalized spacial score (nSPS) is 12.0. The van der Waals surface area contributed by atoms with Crippen LogP contribution in [0, 0.1) is 0 Å². The Morgan fingerprint density at radius 3 is 2.53 bits per heavy atom. The van der Waals surface area contributed by atoms with Crippen molar-refractivity contribution >= 4 is 11.0 Å². The molecule has 1 N–H and O–H groups in total. The monoisotopic (exact) mass is 260 g/mol. The molecule has 0 amide bonds. The third-order valence-electron chi connectivity index (χ3n) is 3.30. The molecule has 1 aromatic heterocycles. The molecular weight excluding hydrogens is 240 g/mol. The third kappa shape index (κ3) is 2.50. The first kappa shape index (κ1) is 13.7. The van der Waals surface area contributed by atoms with Crippen molar-refractivity contribution in [1.82, 2.24) is 0 Å². The van der Waals surface area contributed by atoms with Crippen molar-refractivity contribution in [2.45, 2.75) is 46.0 Å². The molecule has 102 valence electrons. The fraction of sp³-hybridized carbons (Fsp3) is 0.438. The molecule has 0 fully saturated rings. The van der Waals surface area contributed by atoms with Gasteiger partial charge in [-0.1, -0.05) is 34.1 Å². The molecule has 0 saturated carbocycles. The first-order chi connectivity index (χ1) is 8.84. The average Bonchev–Trinajstić information content (AvgIpc) is 2.31. The van der Waals surface area contributed by atoms with Gasteiger partial charge in [-0.15, -0.1) is 0 Å². The number of aryl methyl sites for hydroxylation is 1. The summed E-state index contributed by atoms with van der Waals surface area (Å²) in [5.74, 6) is 0.198. The second-order valence-corrected chi connectivity index (χ2v) is 5.92. The van der Waals surface area contributed by atoms with Gasteiger partial charge in [0.2, 0.25) is 0 Å². The number of hydrogen-bond donors (Lipinski definition) is 1. The van der Waals surface area contributed by atoms with Crippen molar-refractivity contribution < 1.29 is 9.52 Å². The summed E-state index contributed by atoms with van der Waals surface area (Å²) in [6.07, 6.45) is 1.58. The van der Waals surface area contributed by atoms with Gasteiger partial charge >= 0.3 is 5.63 Å². The van der Waals surface area contributed by atoms with Crippen LogP contribution < -0.4 is 5.63 Å². The van der Waals surface area contributed by atoms with Crippen molar-refractivity contribution in [1.29, 1.82) is 0 Å². The van der Waals surface area contributed by atoms with Crippen LogP contribution in [0.4, 0.5) is 0 Å². The lowest BCUT2D eigenvalue weighted by Crippen LogP contribution is -2.15. The van der Waals surface area contributed by atoms with Gasteiger partial charge < -0.3 is 9.52 Å². The van der Waals surface area contributed by atoms with Crippen LogP contribution in [0.5, 0.6) is 5.75 Å². The highest BCUT2D eigenvalue weighted by Gasteiger charge is 2.21. The molecule has 2 rings (SSSR count). The predicted molar refractivity (Wildman–Crippen MR) is 76.8 cm³/mol. The summed E-state index contributed by atoms with van der Waals surface area (Å²) in [4.78, 5) is 11.8. The SMILES string of the molecule is CCCc1c(O)ccc2c(C(C)(C)C)cc(=O)oc12. The van der Waals surface area contributed by atoms with Gasteiger partial charge in [-0.05, 0) is 29.5 Å². The molecule has 2 aromatic rings. The molecule has 0 spiro atoms. The Morgan fingerprint density at radius 2 is 1.95 bits per heavy atom. The van der Waals surface area contributed by atoms with Gasteiger partial charge in [0, 0.05) is 17.0 Å². The van der Waals surface area contributed by atoms with Gasteiger partial charge in [0.05, 0.1) is 0 Å². The van der Waals surface area contributed by atoms with E-state index in [9.17, 15) is 9.90 Å². The molecule has 0 aliphatic heterocycles. The van der Waals surface area contributed by atoms with Gasteiger partial charge in [-0.25, -0.2) is 4.79 Å². The van der Waals surface area contributed by atoms with Crippen LogP contribution in [0.15, 0.2) is 27.4 Å². The lowest BCUT2D eigenvalue weighted by Gasteiger charge is -2.21. The molecule has 19 heavy (non-hydrogen) atoms. The van der Waals surface area contributed by atoms with Crippen LogP contribution in [0.2, 0.25) is 0 Å². The maximum atomic E-state index is 11.8. The van der Waals surface area contributed by atoms with Crippen molar-refractivity contribution in [2.75, 3.05) is 0 Å². The zero-order valence-electron chi connectivity index (χ0n) is 11.9. The number of rotatable bonds is 2. The van der Waals surface area contributed by atoms with Crippen molar-refractivity contribution in [3.8, 4) is 5.75 Å². The molecular formula is C16H20O3. The first-order valence-corrected chi connectivity index (χ1v) is 6.63. The summed E-state index contributed by atoms with van der Waals surface area (Å²) in [5, 5.41) is 10.9. The number of aromatic hydroxyl groups is 1. The molecule has 1 aromatic carbocycles. The second-order valence-electron chi connectivity index (χ2n) is 5.92. The summed E-state index contributed by atoms with van der Waals surface area (Å²) < 4.78 is 5.35. The van der Waals surface area contributed by atoms with Gasteiger partial charge in [-0.3, -0.25) is 0 Å². The van der Waals surface area contributed by atoms with Crippen LogP contribution in [-0.4, -0.2) is 5.11 Å². The summed E-state index contributed by atoms with van der Waals surface area (Å²) in [5.41, 5.74) is 1.70. The Bertz CT molecular complexity index is 660. The minimum Gasteiger partial charge on any atom is -0.508 e. The Labute approximate surface area is 112 Å². The minimum absolute atomic E-state index is 0.144. The van der Waals surface area contributed by atoms with Crippen LogP contribution in [0.1, 0.15) is 45.2 Å². The van der Waals surface area contributed by atoms with Gasteiger partial charge in [0.1, 0.15) is 11.3 Å². The Kier molecular flexibility index (Phi) is 3.40. The van der Waals surface area contributed by atoms with E-state index in [0.717, 1.165) is 22.9 Å². The lowest BCUT2D eigenvalue weighted by molar-refractivity contribution is 0.463. The van der Waals surface area contributed by atoms with Crippen molar-refractivity contribution in [3.63, 3.8) is 0 Å². The molecule has 0 aliphatic rings. The van der Waals surface area contributed by atoms with E-state index < -0.39 is 0 Å². The summed E-state index contributed by atoms with van der Waals surface area (Å²) >= 11 is 0. The Balaban J connectivity index is 2.89. The fourth-order valence-corrected chi connectivity index (χ4v) is 2.38. The third-order valence-corrected chi connectivity index (χ3v) is 3.30. The van der Waals surface area contributed by atoms with E-state index >= 15 is 0 Å². The van der Waals surface area contributed by atoms with E-state index in [1.807, 2.05) is 13.0 Å². The predicted octanol–water partition coefficient (Wildman–Crippen LogP) is 3.75. The standard InChI is InChI=1S/C16H20O3/c1-5-6-11-13(17)8-7-10-12(16(2,3)4)9-14(18)19-15(10)11/h7-9,17H,5-6H2,1-4H3. The van der Waals surface area contributed by atoms with E-state index in [1.165, 1.54) is 0 Å². The molecule has 0 unspecified atom stereocenters. The molecule has 0 radical (unpaired) electrons. The van der Waals surface area contributed by atoms with Crippen LogP contribution in [0.25, 0.3) is 11.0 Å². The van der Waals surface area contributed by atoms with Gasteiger partial charge in [0.15, 0.2) is 0 Å². The molecule has 1 heterocycles. The number of benzene rings is 1. The van der Waals surface area contributed by atoms with Crippen molar-refractivity contribution in [2.24, 2.45) is 0 Å². The fourth-order valence-electron chi connectivity index (χ4n) is 2.38. The minimum atomic E-state index is -0.361. The van der Waals surface area contributed by atoms with Crippen molar-refractivity contribution in [3.05, 3.63) is 39.7 Å². The quantitative estimate of drug-likeness (QED) is 0.837. The molecule has 0 bridgehead atoms. The Morgan fingerprint density at radius 1 is 1.26 bits per heavy atom. The summed E-state index contributed by atoms with van der Waals surface area (Å²) in [7, 11) is 0. The lowest BCUT2D eigenvalue weighted by atomic mass is 9.84. The Hall–Kier alpha value is -1.77. The largest absolute Gasteiger partial charge is 0.508 e. The van der Waals surface area contributed by atoms with E-state index in [-0.39, 0.29) is 16.8 Å². The van der Waals surface area contributed by atoms with Crippen LogP contribution in [-0.2, 0) is 11.8 Å². The highest BCUT2D eigenvalue weighted by Crippen LogP contribution is 2.34. The van der Waals surface area contributed by atoms with Crippen LogP contribution in [0.3, 0.4) is 0 Å². The van der Waals surface area contributed by atoms with E-state index in [1.54, 1.807) is 12.1 Å². The maximum Gasteiger partial charge on any atom is 0.336 e. The highest BCUT2D eigenvalue weighted by molar-refractivity contribution is 5.86. The van der Waals surface area contributed by atoms with Gasteiger partial charge in [-0.2, -0.15) is 0 Å². The maximum absolute atomic E-state index is 11.8. The topological polar surface area (TPSA) is 50.4 Å². The molecule has 0 aliphatic carbocycles. The number of hydrogen-bond acceptors (Lipinski definition) is 3. The van der Waals surface area contributed by atoms with Gasteiger partial charge in [0.25, 0.3) is 0 Å². The zero-order valence-corrected chi connectivity index (χ0v) is 11.9. The first-order valence-electron chi connectivity index (χ1n) is 6.63. The molecule has 3 nitrogen and oxygen atoms in total. The zero-order chi connectivity index (χ0) is 14.2. The molecule has 0 atom stereocenters. The van der Waals surface area contributed by atoms with E-state index in [0.29, 0.717) is 12.0 Å². The van der Waals surface area contributed by atoms with E-state index in [4.69, 9.17) is 4.42 Å². The van der Waals surface area contributed by atoms with Crippen LogP contribution >= 0.6 is 0 Å². The smallest absolute Gasteiger partial charge is 0.336 e. The number of phenolic OH excluding ortho intramolecular Hbond substituents is 1. The highest BCUT2D eigenvalue weighted by atomic mass is 16.4. The average molecular weight is 260 g/mol. The second kappa shape index (κ2) is 4.72.